The van der Waals surface area contributed by atoms with Crippen LogP contribution >= 0.6 is 0 Å². The van der Waals surface area contributed by atoms with Crippen LogP contribution in [0, 0.1) is 20.8 Å². The van der Waals surface area contributed by atoms with Crippen molar-refractivity contribution >= 4 is 16.9 Å². The van der Waals surface area contributed by atoms with Crippen molar-refractivity contribution in [1.29, 1.82) is 0 Å². The maximum atomic E-state index is 13.7. The Morgan fingerprint density at radius 1 is 0.833 bits per heavy atom. The van der Waals surface area contributed by atoms with Gasteiger partial charge in [-0.2, -0.15) is 13.2 Å². The van der Waals surface area contributed by atoms with Gasteiger partial charge in [-0.25, -0.2) is 4.79 Å². The van der Waals surface area contributed by atoms with Crippen LogP contribution in [-0.4, -0.2) is 12.6 Å². The summed E-state index contributed by atoms with van der Waals surface area (Å²) in [4.78, 5) is 25.1. The molecule has 0 saturated heterocycles. The normalized spacial score (nSPS) is 11.4. The molecule has 4 rings (SSSR count). The second kappa shape index (κ2) is 9.77. The first-order chi connectivity index (χ1) is 17.0. The SMILES string of the molecule is Cc1ccc(Oc2c(C(F)(F)F)oc3cc(OC(=O)COc4cc(C)cc(C)c4)ccc3c2=O)cc1. The molecule has 186 valence electrons. The number of esters is 1. The molecule has 0 spiro atoms. The maximum absolute atomic E-state index is 13.7. The summed E-state index contributed by atoms with van der Waals surface area (Å²) in [5.41, 5.74) is 1.35. The Morgan fingerprint density at radius 2 is 1.47 bits per heavy atom. The Bertz CT molecular complexity index is 1470. The molecule has 0 aliphatic carbocycles. The molecule has 3 aromatic carbocycles. The minimum Gasteiger partial charge on any atom is -0.482 e. The van der Waals surface area contributed by atoms with E-state index in [1.165, 1.54) is 24.3 Å². The molecule has 4 aromatic rings. The fourth-order valence-electron chi connectivity index (χ4n) is 3.54. The summed E-state index contributed by atoms with van der Waals surface area (Å²) in [5, 5.41) is -0.170. The molecule has 0 saturated carbocycles. The lowest BCUT2D eigenvalue weighted by atomic mass is 10.1. The number of alkyl halides is 3. The van der Waals surface area contributed by atoms with Gasteiger partial charge in [0, 0.05) is 6.07 Å². The first kappa shape index (κ1) is 24.8. The van der Waals surface area contributed by atoms with Crippen LogP contribution in [-0.2, 0) is 11.0 Å². The molecule has 0 N–H and O–H groups in total. The van der Waals surface area contributed by atoms with E-state index in [0.29, 0.717) is 5.75 Å². The standard InChI is InChI=1S/C27H21F3O6/c1-15-4-6-18(7-5-15)35-25-24(32)21-9-8-19(13-22(21)36-26(25)27(28,29)30)34-23(31)14-33-20-11-16(2)10-17(3)12-20/h4-13H,14H2,1-3H3. The number of benzene rings is 3. The van der Waals surface area contributed by atoms with E-state index in [4.69, 9.17) is 18.6 Å². The predicted molar refractivity (Wildman–Crippen MR) is 126 cm³/mol. The highest BCUT2D eigenvalue weighted by molar-refractivity contribution is 5.81. The van der Waals surface area contributed by atoms with Crippen molar-refractivity contribution in [3.05, 3.63) is 93.3 Å². The number of aryl methyl sites for hydroxylation is 3. The van der Waals surface area contributed by atoms with Gasteiger partial charge in [0.15, 0.2) is 6.61 Å². The van der Waals surface area contributed by atoms with Crippen LogP contribution in [0.25, 0.3) is 11.0 Å². The van der Waals surface area contributed by atoms with Crippen molar-refractivity contribution in [3.63, 3.8) is 0 Å². The number of carbonyl (C=O) groups is 1. The van der Waals surface area contributed by atoms with E-state index in [1.807, 2.05) is 19.9 Å². The molecular formula is C27H21F3O6. The number of ether oxygens (including phenoxy) is 3. The van der Waals surface area contributed by atoms with Crippen LogP contribution in [0.3, 0.4) is 0 Å². The molecule has 0 aliphatic heterocycles. The molecule has 0 bridgehead atoms. The van der Waals surface area contributed by atoms with Gasteiger partial charge in [0.1, 0.15) is 22.8 Å². The molecule has 0 amide bonds. The summed E-state index contributed by atoms with van der Waals surface area (Å²) >= 11 is 0. The zero-order chi connectivity index (χ0) is 26.0. The highest BCUT2D eigenvalue weighted by atomic mass is 19.4. The summed E-state index contributed by atoms with van der Waals surface area (Å²) in [7, 11) is 0. The van der Waals surface area contributed by atoms with Crippen molar-refractivity contribution in [2.75, 3.05) is 6.61 Å². The topological polar surface area (TPSA) is 75.0 Å². The molecule has 6 nitrogen and oxygen atoms in total. The predicted octanol–water partition coefficient (Wildman–Crippen LogP) is 6.51. The summed E-state index contributed by atoms with van der Waals surface area (Å²) in [6.45, 7) is 5.14. The number of fused-ring (bicyclic) bond motifs is 1. The van der Waals surface area contributed by atoms with E-state index in [1.54, 1.807) is 31.2 Å². The number of hydrogen-bond acceptors (Lipinski definition) is 6. The third kappa shape index (κ3) is 5.68. The van der Waals surface area contributed by atoms with Gasteiger partial charge in [-0.1, -0.05) is 23.8 Å². The zero-order valence-corrected chi connectivity index (χ0v) is 19.6. The Kier molecular flexibility index (Phi) is 6.74. The van der Waals surface area contributed by atoms with E-state index in [9.17, 15) is 22.8 Å². The van der Waals surface area contributed by atoms with Crippen LogP contribution in [0.15, 0.2) is 69.9 Å². The van der Waals surface area contributed by atoms with Crippen molar-refractivity contribution < 1.29 is 36.6 Å². The van der Waals surface area contributed by atoms with Crippen LogP contribution in [0.1, 0.15) is 22.5 Å². The smallest absolute Gasteiger partial charge is 0.453 e. The monoisotopic (exact) mass is 498 g/mol. The Balaban J connectivity index is 1.60. The first-order valence-electron chi connectivity index (χ1n) is 10.8. The van der Waals surface area contributed by atoms with Crippen molar-refractivity contribution in [2.24, 2.45) is 0 Å². The Labute approximate surface area is 203 Å². The van der Waals surface area contributed by atoms with E-state index in [-0.39, 0.29) is 16.9 Å². The zero-order valence-electron chi connectivity index (χ0n) is 19.6. The van der Waals surface area contributed by atoms with E-state index < -0.39 is 41.3 Å². The number of rotatable bonds is 6. The Hall–Kier alpha value is -4.27. The molecule has 0 fully saturated rings. The largest absolute Gasteiger partial charge is 0.482 e. The van der Waals surface area contributed by atoms with E-state index >= 15 is 0 Å². The summed E-state index contributed by atoms with van der Waals surface area (Å²) in [6.07, 6.45) is -5.01. The van der Waals surface area contributed by atoms with Gasteiger partial charge in [-0.05, 0) is 68.3 Å². The lowest BCUT2D eigenvalue weighted by Crippen LogP contribution is -2.18. The van der Waals surface area contributed by atoms with Gasteiger partial charge in [0.2, 0.25) is 11.2 Å². The van der Waals surface area contributed by atoms with Crippen molar-refractivity contribution in [3.8, 4) is 23.0 Å². The van der Waals surface area contributed by atoms with Crippen molar-refractivity contribution in [2.45, 2.75) is 26.9 Å². The highest BCUT2D eigenvalue weighted by Gasteiger charge is 2.40. The minimum absolute atomic E-state index is 0.0482. The third-order valence-corrected chi connectivity index (χ3v) is 5.10. The lowest BCUT2D eigenvalue weighted by molar-refractivity contribution is -0.154. The molecule has 1 heterocycles. The van der Waals surface area contributed by atoms with Crippen LogP contribution in [0.4, 0.5) is 13.2 Å². The number of halogens is 3. The fourth-order valence-corrected chi connectivity index (χ4v) is 3.54. The molecule has 0 aliphatic rings. The summed E-state index contributed by atoms with van der Waals surface area (Å²) in [6, 6.07) is 15.1. The van der Waals surface area contributed by atoms with Crippen molar-refractivity contribution in [1.82, 2.24) is 0 Å². The molecule has 36 heavy (non-hydrogen) atoms. The summed E-state index contributed by atoms with van der Waals surface area (Å²) < 4.78 is 62.1. The van der Waals surface area contributed by atoms with Gasteiger partial charge in [-0.15, -0.1) is 0 Å². The molecular weight excluding hydrogens is 477 g/mol. The van der Waals surface area contributed by atoms with Crippen LogP contribution in [0.2, 0.25) is 0 Å². The van der Waals surface area contributed by atoms with Gasteiger partial charge in [-0.3, -0.25) is 4.79 Å². The molecule has 0 unspecified atom stereocenters. The van der Waals surface area contributed by atoms with E-state index in [0.717, 1.165) is 22.8 Å². The van der Waals surface area contributed by atoms with Crippen LogP contribution < -0.4 is 19.6 Å². The number of carbonyl (C=O) groups excluding carboxylic acids is 1. The van der Waals surface area contributed by atoms with Gasteiger partial charge in [0.25, 0.3) is 5.76 Å². The third-order valence-electron chi connectivity index (χ3n) is 5.10. The number of hydrogen-bond donors (Lipinski definition) is 0. The first-order valence-corrected chi connectivity index (χ1v) is 10.8. The van der Waals surface area contributed by atoms with Gasteiger partial charge >= 0.3 is 12.1 Å². The molecule has 1 aromatic heterocycles. The van der Waals surface area contributed by atoms with Gasteiger partial charge < -0.3 is 18.6 Å². The van der Waals surface area contributed by atoms with Gasteiger partial charge in [0.05, 0.1) is 5.39 Å². The Morgan fingerprint density at radius 3 is 2.11 bits per heavy atom. The molecule has 0 atom stereocenters. The van der Waals surface area contributed by atoms with E-state index in [2.05, 4.69) is 0 Å². The highest BCUT2D eigenvalue weighted by Crippen LogP contribution is 2.38. The average Bonchev–Trinajstić information content (AvgIpc) is 2.79. The minimum atomic E-state index is -5.01. The quantitative estimate of drug-likeness (QED) is 0.223. The lowest BCUT2D eigenvalue weighted by Gasteiger charge is -2.14. The fraction of sp³-hybridized carbons (Fsp3) is 0.185. The average molecular weight is 498 g/mol. The second-order valence-electron chi connectivity index (χ2n) is 8.25. The summed E-state index contributed by atoms with van der Waals surface area (Å²) in [5.74, 6) is -2.95. The molecule has 9 heteroatoms. The maximum Gasteiger partial charge on any atom is 0.453 e. The molecule has 0 radical (unpaired) electrons. The second-order valence-corrected chi connectivity index (χ2v) is 8.25. The van der Waals surface area contributed by atoms with Crippen LogP contribution in [0.5, 0.6) is 23.0 Å².